The van der Waals surface area contributed by atoms with Crippen molar-refractivity contribution in [3.63, 3.8) is 0 Å². The molecule has 4 aromatic rings. The van der Waals surface area contributed by atoms with Crippen molar-refractivity contribution in [3.05, 3.63) is 106 Å². The fourth-order valence-corrected chi connectivity index (χ4v) is 6.60. The second-order valence-electron chi connectivity index (χ2n) is 13.3. The van der Waals surface area contributed by atoms with Gasteiger partial charge in [-0.05, 0) is 112 Å². The third kappa shape index (κ3) is 9.05. The van der Waals surface area contributed by atoms with Gasteiger partial charge in [-0.15, -0.1) is 0 Å². The van der Waals surface area contributed by atoms with E-state index in [1.165, 1.54) is 6.20 Å². The molecule has 0 spiro atoms. The van der Waals surface area contributed by atoms with E-state index in [1.807, 2.05) is 32.2 Å². The van der Waals surface area contributed by atoms with Gasteiger partial charge in [-0.1, -0.05) is 30.3 Å². The molecule has 1 aliphatic heterocycles. The van der Waals surface area contributed by atoms with Crippen LogP contribution in [0.1, 0.15) is 58.2 Å². The van der Waals surface area contributed by atoms with Gasteiger partial charge in [0.1, 0.15) is 36.5 Å². The number of carboxylic acid groups (broad SMARTS) is 1. The molecule has 3 N–H and O–H groups in total. The average Bonchev–Trinajstić information content (AvgIpc) is 3.14. The molecule has 10 nitrogen and oxygen atoms in total. The van der Waals surface area contributed by atoms with Gasteiger partial charge in [0.15, 0.2) is 0 Å². The van der Waals surface area contributed by atoms with Gasteiger partial charge in [0.05, 0.1) is 24.2 Å². The lowest BCUT2D eigenvalue weighted by molar-refractivity contribution is -0.155. The number of rotatable bonds is 16. The first kappa shape index (κ1) is 37.3. The summed E-state index contributed by atoms with van der Waals surface area (Å²) in [4.78, 5) is 18.0. The second-order valence-corrected chi connectivity index (χ2v) is 13.3. The van der Waals surface area contributed by atoms with Gasteiger partial charge >= 0.3 is 5.97 Å². The molecule has 0 aliphatic carbocycles. The van der Waals surface area contributed by atoms with E-state index in [9.17, 15) is 20.3 Å². The van der Waals surface area contributed by atoms with Gasteiger partial charge < -0.3 is 34.6 Å². The summed E-state index contributed by atoms with van der Waals surface area (Å²) >= 11 is 0. The van der Waals surface area contributed by atoms with Gasteiger partial charge in [-0.25, -0.2) is 0 Å². The Bertz CT molecular complexity index is 1860. The summed E-state index contributed by atoms with van der Waals surface area (Å²) in [5.74, 6) is 1.39. The van der Waals surface area contributed by atoms with Gasteiger partial charge in [0.25, 0.3) is 0 Å². The number of carboxylic acids is 1. The predicted octanol–water partition coefficient (Wildman–Crippen LogP) is 6.35. The number of hydrogen-bond donors (Lipinski definition) is 3. The summed E-state index contributed by atoms with van der Waals surface area (Å²) < 4.78 is 18.9. The van der Waals surface area contributed by atoms with Crippen molar-refractivity contribution in [2.45, 2.75) is 59.8 Å². The highest BCUT2D eigenvalue weighted by Crippen LogP contribution is 2.35. The molecule has 0 unspecified atom stereocenters. The number of aromatic nitrogens is 1. The van der Waals surface area contributed by atoms with Crippen LogP contribution in [0.3, 0.4) is 0 Å². The van der Waals surface area contributed by atoms with Gasteiger partial charge in [-0.3, -0.25) is 9.78 Å². The lowest BCUT2D eigenvalue weighted by atomic mass is 9.79. The number of benzene rings is 3. The van der Waals surface area contributed by atoms with Crippen LogP contribution in [0, 0.1) is 37.5 Å². The third-order valence-corrected chi connectivity index (χ3v) is 9.89. The maximum Gasteiger partial charge on any atom is 0.312 e. The van der Waals surface area contributed by atoms with E-state index >= 15 is 0 Å². The molecule has 0 atom stereocenters. The molecule has 0 radical (unpaired) electrons. The number of piperidine rings is 1. The molecule has 1 aromatic heterocycles. The average molecular weight is 693 g/mol. The summed E-state index contributed by atoms with van der Waals surface area (Å²) in [6.45, 7) is 9.92. The van der Waals surface area contributed by atoms with Crippen molar-refractivity contribution >= 4 is 5.97 Å². The highest BCUT2D eigenvalue weighted by Gasteiger charge is 2.40. The number of likely N-dealkylation sites (tertiary alicyclic amines) is 1. The molecule has 5 rings (SSSR count). The number of pyridine rings is 1. The van der Waals surface area contributed by atoms with Crippen LogP contribution in [-0.4, -0.2) is 66.0 Å². The first-order valence-corrected chi connectivity index (χ1v) is 17.4. The first-order chi connectivity index (χ1) is 24.7. The van der Waals surface area contributed by atoms with E-state index in [4.69, 9.17) is 14.2 Å². The van der Waals surface area contributed by atoms with Crippen molar-refractivity contribution in [2.75, 3.05) is 39.9 Å². The molecule has 268 valence electrons. The van der Waals surface area contributed by atoms with E-state index < -0.39 is 11.4 Å². The normalized spacial score (nSPS) is 14.1. The van der Waals surface area contributed by atoms with Crippen LogP contribution in [0.25, 0.3) is 11.1 Å². The van der Waals surface area contributed by atoms with Gasteiger partial charge in [-0.2, -0.15) is 5.26 Å². The zero-order chi connectivity index (χ0) is 36.4. The van der Waals surface area contributed by atoms with Crippen LogP contribution < -0.4 is 19.5 Å². The lowest BCUT2D eigenvalue weighted by Gasteiger charge is -2.37. The fraction of sp³-hybridized carbons (Fsp3) is 0.390. The summed E-state index contributed by atoms with van der Waals surface area (Å²) in [5.41, 5.74) is 7.83. The Morgan fingerprint density at radius 1 is 0.922 bits per heavy atom. The number of aryl methyl sites for hydroxylation is 1. The maximum atomic E-state index is 11.6. The number of ether oxygens (including phenoxy) is 3. The number of carbonyl (C=O) groups is 1. The molecular formula is C41H48N4O6. The zero-order valence-corrected chi connectivity index (χ0v) is 30.0. The van der Waals surface area contributed by atoms with Crippen molar-refractivity contribution in [2.24, 2.45) is 5.41 Å². The highest BCUT2D eigenvalue weighted by molar-refractivity contribution is 5.75. The number of nitrogens with one attached hydrogen (secondary N) is 1. The Balaban J connectivity index is 1.22. The second kappa shape index (κ2) is 17.3. The molecule has 0 saturated carbocycles. The molecule has 0 amide bonds. The van der Waals surface area contributed by atoms with E-state index in [-0.39, 0.29) is 13.2 Å². The minimum atomic E-state index is -1.01. The molecule has 2 heterocycles. The van der Waals surface area contributed by atoms with E-state index in [0.29, 0.717) is 57.0 Å². The standard InChI is InChI=1S/C41H48N4O6/c1-28-18-34(24-43-4)39(50-25-32-19-31(21-42)22-44-23-32)20-38(28)51-26-33-8-5-9-35(29(33)2)36-10-6-11-37(30(36)3)49-17-7-14-45-15-12-41(27-46,13-16-45)40(47)48/h5-6,8-11,18-20,22-23,43,46H,7,12-17,24-27H2,1-4H3,(H,47,48). The Kier molecular flexibility index (Phi) is 12.7. The third-order valence-electron chi connectivity index (χ3n) is 9.89. The minimum absolute atomic E-state index is 0.282. The van der Waals surface area contributed by atoms with Crippen LogP contribution >= 0.6 is 0 Å². The smallest absolute Gasteiger partial charge is 0.312 e. The van der Waals surface area contributed by atoms with Crippen LogP contribution in [0.5, 0.6) is 17.2 Å². The molecule has 0 bridgehead atoms. The number of nitrogens with zero attached hydrogens (tertiary/aromatic N) is 3. The number of aliphatic hydroxyl groups is 1. The number of hydrogen-bond acceptors (Lipinski definition) is 9. The highest BCUT2D eigenvalue weighted by atomic mass is 16.5. The van der Waals surface area contributed by atoms with E-state index in [0.717, 1.165) is 69.0 Å². The Labute approximate surface area is 300 Å². The van der Waals surface area contributed by atoms with E-state index in [2.05, 4.69) is 65.4 Å². The number of nitriles is 1. The largest absolute Gasteiger partial charge is 0.493 e. The summed E-state index contributed by atoms with van der Waals surface area (Å²) in [5, 5.41) is 31.6. The summed E-state index contributed by atoms with van der Waals surface area (Å²) in [7, 11) is 1.90. The molecule has 1 saturated heterocycles. The molecule has 10 heteroatoms. The summed E-state index contributed by atoms with van der Waals surface area (Å²) in [6, 6.07) is 20.3. The van der Waals surface area contributed by atoms with Crippen molar-refractivity contribution in [1.82, 2.24) is 15.2 Å². The Hall–Kier alpha value is -4.95. The molecule has 3 aromatic carbocycles. The van der Waals surface area contributed by atoms with Crippen molar-refractivity contribution < 1.29 is 29.2 Å². The first-order valence-electron chi connectivity index (χ1n) is 17.4. The quantitative estimate of drug-likeness (QED) is 0.114. The van der Waals surface area contributed by atoms with Gasteiger partial charge in [0.2, 0.25) is 0 Å². The maximum absolute atomic E-state index is 11.6. The molecule has 1 aliphatic rings. The fourth-order valence-electron chi connectivity index (χ4n) is 6.60. The zero-order valence-electron chi connectivity index (χ0n) is 30.0. The van der Waals surface area contributed by atoms with Crippen LogP contribution in [0.4, 0.5) is 0 Å². The number of aliphatic carboxylic acids is 1. The predicted molar refractivity (Wildman–Crippen MR) is 196 cm³/mol. The van der Waals surface area contributed by atoms with Crippen molar-refractivity contribution in [3.8, 4) is 34.4 Å². The minimum Gasteiger partial charge on any atom is -0.493 e. The Morgan fingerprint density at radius 3 is 2.35 bits per heavy atom. The topological polar surface area (TPSA) is 137 Å². The van der Waals surface area contributed by atoms with Crippen LogP contribution in [-0.2, 0) is 24.6 Å². The molecule has 1 fully saturated rings. The monoisotopic (exact) mass is 692 g/mol. The van der Waals surface area contributed by atoms with Crippen LogP contribution in [0.15, 0.2) is 67.0 Å². The summed E-state index contributed by atoms with van der Waals surface area (Å²) in [6.07, 6.45) is 4.98. The SMILES string of the molecule is CNCc1cc(C)c(OCc2cccc(-c3cccc(OCCCN4CCC(CO)(C(=O)O)CC4)c3C)c2C)cc1OCc1cncc(C#N)c1. The van der Waals surface area contributed by atoms with E-state index in [1.54, 1.807) is 12.3 Å². The lowest BCUT2D eigenvalue weighted by Crippen LogP contribution is -2.46. The molecular weight excluding hydrogens is 644 g/mol. The molecule has 51 heavy (non-hydrogen) atoms. The van der Waals surface area contributed by atoms with Crippen LogP contribution in [0.2, 0.25) is 0 Å². The Morgan fingerprint density at radius 2 is 1.65 bits per heavy atom. The number of aliphatic hydroxyl groups excluding tert-OH is 1. The van der Waals surface area contributed by atoms with Gasteiger partial charge in [0, 0.05) is 42.7 Å². The van der Waals surface area contributed by atoms with Crippen molar-refractivity contribution in [1.29, 1.82) is 5.26 Å².